The van der Waals surface area contributed by atoms with Crippen molar-refractivity contribution in [3.05, 3.63) is 0 Å². The van der Waals surface area contributed by atoms with Crippen LogP contribution in [0.5, 0.6) is 0 Å². The van der Waals surface area contributed by atoms with Crippen molar-refractivity contribution in [1.82, 2.24) is 5.32 Å². The summed E-state index contributed by atoms with van der Waals surface area (Å²) in [5, 5.41) is 4.29. The second kappa shape index (κ2) is 6.80. The van der Waals surface area contributed by atoms with Crippen LogP contribution in [0.15, 0.2) is 0 Å². The molecule has 1 rings (SSSR count). The molecule has 90 valence electrons. The third kappa shape index (κ3) is 4.78. The number of rotatable bonds is 5. The summed E-state index contributed by atoms with van der Waals surface area (Å²) in [6.45, 7) is 6.98. The average Bonchev–Trinajstić information content (AvgIpc) is 2.21. The van der Waals surface area contributed by atoms with E-state index in [1.165, 1.54) is 31.4 Å². The second-order valence-electron chi connectivity index (χ2n) is 5.30. The smallest absolute Gasteiger partial charge is 0.0183 e. The van der Waals surface area contributed by atoms with Gasteiger partial charge in [0.05, 0.1) is 0 Å². The van der Waals surface area contributed by atoms with E-state index in [0.29, 0.717) is 0 Å². The predicted octanol–water partition coefficient (Wildman–Crippen LogP) is 3.54. The van der Waals surface area contributed by atoms with Crippen LogP contribution >= 0.6 is 11.8 Å². The fraction of sp³-hybridized carbons (Fsp3) is 1.00. The Hall–Kier alpha value is 0.310. The summed E-state index contributed by atoms with van der Waals surface area (Å²) in [6, 6.07) is 0.741. The van der Waals surface area contributed by atoms with Gasteiger partial charge < -0.3 is 5.32 Å². The van der Waals surface area contributed by atoms with Gasteiger partial charge in [0.15, 0.2) is 0 Å². The van der Waals surface area contributed by atoms with E-state index in [-0.39, 0.29) is 0 Å². The first-order valence-corrected chi connectivity index (χ1v) is 7.47. The van der Waals surface area contributed by atoms with Crippen LogP contribution in [0.25, 0.3) is 0 Å². The molecule has 0 amide bonds. The number of nitrogens with one attached hydrogen (secondary N) is 1. The zero-order chi connectivity index (χ0) is 11.3. The Morgan fingerprint density at radius 2 is 1.80 bits per heavy atom. The number of hydrogen-bond donors (Lipinski definition) is 1. The van der Waals surface area contributed by atoms with Crippen molar-refractivity contribution in [2.24, 2.45) is 11.8 Å². The minimum Gasteiger partial charge on any atom is -0.316 e. The molecule has 0 spiro atoms. The van der Waals surface area contributed by atoms with E-state index in [1.54, 1.807) is 0 Å². The van der Waals surface area contributed by atoms with Crippen molar-refractivity contribution in [2.75, 3.05) is 12.8 Å². The number of thioether (sulfide) groups is 1. The second-order valence-corrected chi connectivity index (χ2v) is 6.91. The van der Waals surface area contributed by atoms with Crippen molar-refractivity contribution in [2.45, 2.75) is 57.7 Å². The highest BCUT2D eigenvalue weighted by atomic mass is 32.2. The molecule has 2 heteroatoms. The highest BCUT2D eigenvalue weighted by Gasteiger charge is 2.24. The quantitative estimate of drug-likeness (QED) is 0.774. The summed E-state index contributed by atoms with van der Waals surface area (Å²) in [4.78, 5) is 0. The molecule has 1 saturated carbocycles. The van der Waals surface area contributed by atoms with E-state index in [9.17, 15) is 0 Å². The summed E-state index contributed by atoms with van der Waals surface area (Å²) < 4.78 is 0. The molecule has 15 heavy (non-hydrogen) atoms. The van der Waals surface area contributed by atoms with Gasteiger partial charge in [-0.25, -0.2) is 0 Å². The fourth-order valence-electron chi connectivity index (χ4n) is 2.44. The van der Waals surface area contributed by atoms with Crippen LogP contribution in [-0.4, -0.2) is 24.1 Å². The van der Waals surface area contributed by atoms with Gasteiger partial charge in [0.1, 0.15) is 0 Å². The van der Waals surface area contributed by atoms with E-state index in [1.807, 2.05) is 0 Å². The van der Waals surface area contributed by atoms with Gasteiger partial charge in [0.2, 0.25) is 0 Å². The third-order valence-electron chi connectivity index (χ3n) is 3.61. The maximum absolute atomic E-state index is 3.52. The van der Waals surface area contributed by atoms with E-state index < -0.39 is 0 Å². The molecule has 1 aliphatic rings. The van der Waals surface area contributed by atoms with Gasteiger partial charge in [-0.1, -0.05) is 33.6 Å². The van der Waals surface area contributed by atoms with E-state index >= 15 is 0 Å². The first-order chi connectivity index (χ1) is 7.13. The Balaban J connectivity index is 2.31. The first-order valence-electron chi connectivity index (χ1n) is 6.42. The molecule has 1 aliphatic carbocycles. The Bertz CT molecular complexity index is 162. The Morgan fingerprint density at radius 1 is 1.20 bits per heavy atom. The van der Waals surface area contributed by atoms with Crippen molar-refractivity contribution >= 4 is 11.8 Å². The van der Waals surface area contributed by atoms with Crippen LogP contribution in [-0.2, 0) is 0 Å². The molecule has 0 saturated heterocycles. The summed E-state index contributed by atoms with van der Waals surface area (Å²) in [5.41, 5.74) is 0. The zero-order valence-corrected chi connectivity index (χ0v) is 11.6. The Labute approximate surface area is 99.8 Å². The van der Waals surface area contributed by atoms with Gasteiger partial charge in [-0.05, 0) is 37.0 Å². The third-order valence-corrected chi connectivity index (χ3v) is 4.83. The topological polar surface area (TPSA) is 12.0 Å². The Kier molecular flexibility index (Phi) is 6.06. The van der Waals surface area contributed by atoms with Crippen molar-refractivity contribution in [1.29, 1.82) is 0 Å². The molecule has 1 atom stereocenters. The molecule has 0 aliphatic heterocycles. The molecule has 1 fully saturated rings. The van der Waals surface area contributed by atoms with E-state index in [2.05, 4.69) is 44.9 Å². The maximum Gasteiger partial charge on any atom is 0.0183 e. The highest BCUT2D eigenvalue weighted by Crippen LogP contribution is 2.31. The average molecular weight is 229 g/mol. The van der Waals surface area contributed by atoms with E-state index in [4.69, 9.17) is 0 Å². The van der Waals surface area contributed by atoms with Gasteiger partial charge >= 0.3 is 0 Å². The predicted molar refractivity (Wildman–Crippen MR) is 71.6 cm³/mol. The molecule has 1 N–H and O–H groups in total. The lowest BCUT2D eigenvalue weighted by Crippen LogP contribution is -2.38. The molecule has 0 aromatic heterocycles. The lowest BCUT2D eigenvalue weighted by molar-refractivity contribution is 0.248. The minimum atomic E-state index is 0.741. The van der Waals surface area contributed by atoms with Crippen LogP contribution in [0, 0.1) is 11.8 Å². The SMILES string of the molecule is CNC(CSC(C)C)C1CCC(C)CC1. The lowest BCUT2D eigenvalue weighted by Gasteiger charge is -2.32. The van der Waals surface area contributed by atoms with Gasteiger partial charge in [0, 0.05) is 11.8 Å². The fourth-order valence-corrected chi connectivity index (χ4v) is 3.47. The summed E-state index contributed by atoms with van der Waals surface area (Å²) in [6.07, 6.45) is 5.75. The lowest BCUT2D eigenvalue weighted by atomic mass is 9.80. The van der Waals surface area contributed by atoms with Gasteiger partial charge in [-0.3, -0.25) is 0 Å². The van der Waals surface area contributed by atoms with E-state index in [0.717, 1.165) is 23.1 Å². The highest BCUT2D eigenvalue weighted by molar-refractivity contribution is 7.99. The molecule has 1 nitrogen and oxygen atoms in total. The van der Waals surface area contributed by atoms with Gasteiger partial charge in [-0.2, -0.15) is 11.8 Å². The van der Waals surface area contributed by atoms with Crippen molar-refractivity contribution < 1.29 is 0 Å². The van der Waals surface area contributed by atoms with Gasteiger partial charge in [0.25, 0.3) is 0 Å². The standard InChI is InChI=1S/C13H27NS/c1-10(2)15-9-13(14-4)12-7-5-11(3)6-8-12/h10-14H,5-9H2,1-4H3. The zero-order valence-electron chi connectivity index (χ0n) is 10.8. The molecular weight excluding hydrogens is 202 g/mol. The van der Waals surface area contributed by atoms with Crippen LogP contribution < -0.4 is 5.32 Å². The molecule has 0 bridgehead atoms. The molecule has 0 aromatic rings. The van der Waals surface area contributed by atoms with Crippen LogP contribution in [0.1, 0.15) is 46.5 Å². The summed E-state index contributed by atoms with van der Waals surface area (Å²) in [5.74, 6) is 3.18. The summed E-state index contributed by atoms with van der Waals surface area (Å²) >= 11 is 2.10. The largest absolute Gasteiger partial charge is 0.316 e. The monoisotopic (exact) mass is 229 g/mol. The van der Waals surface area contributed by atoms with Crippen molar-refractivity contribution in [3.8, 4) is 0 Å². The number of hydrogen-bond acceptors (Lipinski definition) is 2. The maximum atomic E-state index is 3.52. The van der Waals surface area contributed by atoms with Crippen LogP contribution in [0.3, 0.4) is 0 Å². The normalized spacial score (nSPS) is 29.4. The van der Waals surface area contributed by atoms with Crippen LogP contribution in [0.4, 0.5) is 0 Å². The molecule has 1 unspecified atom stereocenters. The van der Waals surface area contributed by atoms with Crippen molar-refractivity contribution in [3.63, 3.8) is 0 Å². The first kappa shape index (κ1) is 13.4. The van der Waals surface area contributed by atoms with Gasteiger partial charge in [-0.15, -0.1) is 0 Å². The molecular formula is C13H27NS. The summed E-state index contributed by atoms with van der Waals surface area (Å²) in [7, 11) is 2.13. The Morgan fingerprint density at radius 3 is 2.27 bits per heavy atom. The molecule has 0 heterocycles. The van der Waals surface area contributed by atoms with Crippen LogP contribution in [0.2, 0.25) is 0 Å². The minimum absolute atomic E-state index is 0.741. The molecule has 0 radical (unpaired) electrons. The molecule has 0 aromatic carbocycles.